The molecule has 1 unspecified atom stereocenters. The van der Waals surface area contributed by atoms with E-state index in [0.717, 1.165) is 4.31 Å². The molecule has 0 aliphatic heterocycles. The molecule has 1 amide bonds. The molecule has 0 fully saturated rings. The van der Waals surface area contributed by atoms with Crippen molar-refractivity contribution in [3.05, 3.63) is 102 Å². The van der Waals surface area contributed by atoms with Crippen molar-refractivity contribution < 1.29 is 27.4 Å². The Bertz CT molecular complexity index is 1750. The highest BCUT2D eigenvalue weighted by Crippen LogP contribution is 2.36. The van der Waals surface area contributed by atoms with Crippen LogP contribution in [0.3, 0.4) is 0 Å². The van der Waals surface area contributed by atoms with Crippen LogP contribution in [0.25, 0.3) is 11.0 Å². The number of rotatable bonds is 9. The standard InChI is InChI=1S/C29H24FN5O5S/c1-39-21-15-19(16-22(17-21)40-2)31-27-28(34-26-13-6-5-12-25(26)33-27)35(41(37)38)20-9-7-8-18(14-20)32-29(36)23-10-3-4-11-24(23)30/h3-17H,1-2H3,(H,31,33)(H,32,36)(H,37,38). The van der Waals surface area contributed by atoms with Gasteiger partial charge in [0, 0.05) is 29.6 Å². The number of nitrogens with one attached hydrogen (secondary N) is 2. The summed E-state index contributed by atoms with van der Waals surface area (Å²) in [6.07, 6.45) is 0. The molecule has 5 rings (SSSR count). The van der Waals surface area contributed by atoms with Gasteiger partial charge < -0.3 is 20.1 Å². The third-order valence-corrected chi connectivity index (χ3v) is 6.67. The van der Waals surface area contributed by atoms with Gasteiger partial charge in [-0.3, -0.25) is 9.35 Å². The van der Waals surface area contributed by atoms with Crippen molar-refractivity contribution in [3.63, 3.8) is 0 Å². The molecule has 0 aliphatic rings. The summed E-state index contributed by atoms with van der Waals surface area (Å²) in [4.78, 5) is 22.0. The number of carbonyl (C=O) groups excluding carboxylic acids is 1. The van der Waals surface area contributed by atoms with Crippen molar-refractivity contribution in [1.29, 1.82) is 0 Å². The van der Waals surface area contributed by atoms with E-state index in [1.54, 1.807) is 66.7 Å². The Kier molecular flexibility index (Phi) is 8.04. The fourth-order valence-corrected chi connectivity index (χ4v) is 4.64. The van der Waals surface area contributed by atoms with Crippen molar-refractivity contribution in [2.75, 3.05) is 29.2 Å². The Morgan fingerprint density at radius 2 is 1.51 bits per heavy atom. The summed E-state index contributed by atoms with van der Waals surface area (Å²) in [6.45, 7) is 0. The van der Waals surface area contributed by atoms with E-state index in [1.807, 2.05) is 0 Å². The normalized spacial score (nSPS) is 11.5. The molecule has 10 nitrogen and oxygen atoms in total. The number of nitrogens with zero attached hydrogens (tertiary/aromatic N) is 3. The fraction of sp³-hybridized carbons (Fsp3) is 0.0690. The quantitative estimate of drug-likeness (QED) is 0.182. The van der Waals surface area contributed by atoms with E-state index in [2.05, 4.69) is 20.6 Å². The van der Waals surface area contributed by atoms with Crippen LogP contribution < -0.4 is 24.4 Å². The van der Waals surface area contributed by atoms with Gasteiger partial charge in [0.2, 0.25) is 0 Å². The molecule has 1 atom stereocenters. The first kappa shape index (κ1) is 27.5. The van der Waals surface area contributed by atoms with Crippen LogP contribution in [0.15, 0.2) is 91.0 Å². The summed E-state index contributed by atoms with van der Waals surface area (Å²) < 4.78 is 49.2. The average Bonchev–Trinajstić information content (AvgIpc) is 2.97. The van der Waals surface area contributed by atoms with Gasteiger partial charge in [-0.2, -0.15) is 0 Å². The van der Waals surface area contributed by atoms with Crippen molar-refractivity contribution in [2.24, 2.45) is 0 Å². The number of anilines is 5. The molecule has 0 spiro atoms. The summed E-state index contributed by atoms with van der Waals surface area (Å²) in [5, 5.41) is 5.79. The first-order valence-electron chi connectivity index (χ1n) is 12.2. The SMILES string of the molecule is COc1cc(Nc2nc3ccccc3nc2N(c2cccc(NC(=O)c3ccccc3F)c2)S(=O)O)cc(OC)c1. The number of para-hydroxylation sites is 2. The number of methoxy groups -OCH3 is 2. The van der Waals surface area contributed by atoms with Gasteiger partial charge in [-0.1, -0.05) is 30.3 Å². The van der Waals surface area contributed by atoms with Crippen LogP contribution in [0, 0.1) is 5.82 Å². The lowest BCUT2D eigenvalue weighted by Gasteiger charge is -2.23. The molecule has 3 N–H and O–H groups in total. The molecule has 4 aromatic carbocycles. The molecular formula is C29H24FN5O5S. The molecule has 0 saturated heterocycles. The summed E-state index contributed by atoms with van der Waals surface area (Å²) in [6, 6.07) is 24.0. The number of fused-ring (bicyclic) bond motifs is 1. The number of ether oxygens (including phenoxy) is 2. The zero-order valence-electron chi connectivity index (χ0n) is 21.9. The molecule has 41 heavy (non-hydrogen) atoms. The maximum absolute atomic E-state index is 14.1. The number of carbonyl (C=O) groups is 1. The van der Waals surface area contributed by atoms with Crippen LogP contribution in [0.2, 0.25) is 0 Å². The first-order chi connectivity index (χ1) is 19.9. The third-order valence-electron chi connectivity index (χ3n) is 5.97. The average molecular weight is 574 g/mol. The van der Waals surface area contributed by atoms with E-state index >= 15 is 0 Å². The molecule has 12 heteroatoms. The van der Waals surface area contributed by atoms with E-state index in [0.29, 0.717) is 28.2 Å². The van der Waals surface area contributed by atoms with Crippen LogP contribution in [0.4, 0.5) is 33.1 Å². The second-order valence-electron chi connectivity index (χ2n) is 8.62. The molecule has 1 heterocycles. The number of amides is 1. The third kappa shape index (κ3) is 6.08. The minimum atomic E-state index is -2.62. The highest BCUT2D eigenvalue weighted by molar-refractivity contribution is 7.81. The Balaban J connectivity index is 1.58. The van der Waals surface area contributed by atoms with Gasteiger partial charge >= 0.3 is 0 Å². The van der Waals surface area contributed by atoms with Gasteiger partial charge in [-0.15, -0.1) is 0 Å². The lowest BCUT2D eigenvalue weighted by atomic mass is 10.2. The topological polar surface area (TPSA) is 126 Å². The van der Waals surface area contributed by atoms with Crippen LogP contribution in [0.1, 0.15) is 10.4 Å². The monoisotopic (exact) mass is 573 g/mol. The van der Waals surface area contributed by atoms with Crippen LogP contribution in [-0.2, 0) is 11.3 Å². The fourth-order valence-electron chi connectivity index (χ4n) is 4.07. The van der Waals surface area contributed by atoms with E-state index in [-0.39, 0.29) is 28.6 Å². The van der Waals surface area contributed by atoms with E-state index in [4.69, 9.17) is 9.47 Å². The van der Waals surface area contributed by atoms with Crippen LogP contribution in [0.5, 0.6) is 11.5 Å². The van der Waals surface area contributed by atoms with Crippen LogP contribution in [-0.4, -0.2) is 38.9 Å². The van der Waals surface area contributed by atoms with Gasteiger partial charge in [0.15, 0.2) is 11.6 Å². The summed E-state index contributed by atoms with van der Waals surface area (Å²) in [5.41, 5.74) is 1.90. The number of benzene rings is 4. The Labute approximate surface area is 237 Å². The minimum absolute atomic E-state index is 0.0314. The Morgan fingerprint density at radius 3 is 2.17 bits per heavy atom. The van der Waals surface area contributed by atoms with Crippen molar-refractivity contribution >= 4 is 56.9 Å². The number of aromatic nitrogens is 2. The van der Waals surface area contributed by atoms with Gasteiger partial charge in [-0.25, -0.2) is 22.9 Å². The predicted octanol–water partition coefficient (Wildman–Crippen LogP) is 6.06. The first-order valence-corrected chi connectivity index (χ1v) is 13.3. The summed E-state index contributed by atoms with van der Waals surface area (Å²) in [5.74, 6) is -0.107. The largest absolute Gasteiger partial charge is 0.497 e. The molecule has 0 radical (unpaired) electrons. The summed E-state index contributed by atoms with van der Waals surface area (Å²) in [7, 11) is 3.04. The molecule has 0 saturated carbocycles. The van der Waals surface area contributed by atoms with Gasteiger partial charge in [0.25, 0.3) is 17.2 Å². The summed E-state index contributed by atoms with van der Waals surface area (Å²) >= 11 is -2.62. The van der Waals surface area contributed by atoms with Crippen molar-refractivity contribution in [3.8, 4) is 11.5 Å². The highest BCUT2D eigenvalue weighted by atomic mass is 32.2. The molecule has 208 valence electrons. The van der Waals surface area contributed by atoms with Crippen molar-refractivity contribution in [2.45, 2.75) is 0 Å². The Morgan fingerprint density at radius 1 is 0.854 bits per heavy atom. The van der Waals surface area contributed by atoms with E-state index < -0.39 is 23.0 Å². The maximum atomic E-state index is 14.1. The van der Waals surface area contributed by atoms with Crippen molar-refractivity contribution in [1.82, 2.24) is 9.97 Å². The minimum Gasteiger partial charge on any atom is -0.497 e. The predicted molar refractivity (Wildman–Crippen MR) is 156 cm³/mol. The van der Waals surface area contributed by atoms with Gasteiger partial charge in [-0.05, 0) is 42.5 Å². The smallest absolute Gasteiger partial charge is 0.268 e. The molecule has 1 aromatic heterocycles. The maximum Gasteiger partial charge on any atom is 0.268 e. The molecular weight excluding hydrogens is 549 g/mol. The van der Waals surface area contributed by atoms with E-state index in [1.165, 1.54) is 38.5 Å². The number of halogens is 1. The zero-order chi connectivity index (χ0) is 28.9. The van der Waals surface area contributed by atoms with Gasteiger partial charge in [0.05, 0.1) is 36.5 Å². The molecule has 5 aromatic rings. The lowest BCUT2D eigenvalue weighted by molar-refractivity contribution is 0.102. The number of hydrogen-bond acceptors (Lipinski definition) is 7. The van der Waals surface area contributed by atoms with E-state index in [9.17, 15) is 17.9 Å². The molecule has 0 bridgehead atoms. The highest BCUT2D eigenvalue weighted by Gasteiger charge is 2.24. The second kappa shape index (κ2) is 12.0. The Hall–Kier alpha value is -5.07. The molecule has 0 aliphatic carbocycles. The number of hydrogen-bond donors (Lipinski definition) is 3. The zero-order valence-corrected chi connectivity index (χ0v) is 22.7. The lowest BCUT2D eigenvalue weighted by Crippen LogP contribution is -2.22. The second-order valence-corrected chi connectivity index (χ2v) is 9.45. The van der Waals surface area contributed by atoms with Gasteiger partial charge in [0.1, 0.15) is 17.3 Å². The van der Waals surface area contributed by atoms with Crippen LogP contribution >= 0.6 is 0 Å².